The van der Waals surface area contributed by atoms with Crippen molar-refractivity contribution in [3.05, 3.63) is 59.2 Å². The molecule has 2 rings (SSSR count). The zero-order chi connectivity index (χ0) is 15.9. The number of rotatable bonds is 5. The maximum atomic E-state index is 12.0. The summed E-state index contributed by atoms with van der Waals surface area (Å²) in [4.78, 5) is 12.0. The summed E-state index contributed by atoms with van der Waals surface area (Å²) >= 11 is 0. The van der Waals surface area contributed by atoms with Crippen LogP contribution in [0, 0.1) is 18.3 Å². The molecule has 5 heteroatoms. The van der Waals surface area contributed by atoms with Crippen LogP contribution in [0.2, 0.25) is 0 Å². The van der Waals surface area contributed by atoms with Gasteiger partial charge in [0.05, 0.1) is 24.8 Å². The molecule has 2 aromatic carbocycles. The number of nitriles is 1. The molecular formula is C17H17N3O2. The Hall–Kier alpha value is -2.84. The van der Waals surface area contributed by atoms with E-state index in [1.165, 1.54) is 0 Å². The van der Waals surface area contributed by atoms with E-state index in [9.17, 15) is 4.79 Å². The number of aliphatic hydroxyl groups is 1. The first-order valence-corrected chi connectivity index (χ1v) is 6.86. The number of carbonyl (C=O) groups excluding carboxylic acids is 1. The number of benzene rings is 2. The Balaban J connectivity index is 1.94. The van der Waals surface area contributed by atoms with Gasteiger partial charge in [-0.3, -0.25) is 4.79 Å². The quantitative estimate of drug-likeness (QED) is 0.790. The molecule has 5 nitrogen and oxygen atoms in total. The van der Waals surface area contributed by atoms with Gasteiger partial charge in [0.2, 0.25) is 5.91 Å². The number of hydrogen-bond acceptors (Lipinski definition) is 4. The second-order valence-electron chi connectivity index (χ2n) is 4.90. The summed E-state index contributed by atoms with van der Waals surface area (Å²) in [6, 6.07) is 14.4. The van der Waals surface area contributed by atoms with E-state index in [-0.39, 0.29) is 19.1 Å². The molecule has 0 unspecified atom stereocenters. The number of aliphatic hydroxyl groups excluding tert-OH is 1. The first kappa shape index (κ1) is 15.5. The van der Waals surface area contributed by atoms with Crippen LogP contribution in [0.15, 0.2) is 42.5 Å². The fourth-order valence-electron chi connectivity index (χ4n) is 1.94. The van der Waals surface area contributed by atoms with Crippen molar-refractivity contribution in [2.24, 2.45) is 0 Å². The smallest absolute Gasteiger partial charge is 0.243 e. The molecule has 0 fully saturated rings. The maximum Gasteiger partial charge on any atom is 0.243 e. The number of anilines is 2. The minimum atomic E-state index is -0.178. The highest BCUT2D eigenvalue weighted by Crippen LogP contribution is 2.17. The Morgan fingerprint density at radius 3 is 2.59 bits per heavy atom. The summed E-state index contributed by atoms with van der Waals surface area (Å²) in [6.45, 7) is 1.95. The van der Waals surface area contributed by atoms with Crippen LogP contribution in [-0.2, 0) is 11.4 Å². The van der Waals surface area contributed by atoms with E-state index in [0.29, 0.717) is 11.3 Å². The van der Waals surface area contributed by atoms with Crippen molar-refractivity contribution in [2.45, 2.75) is 13.5 Å². The first-order valence-electron chi connectivity index (χ1n) is 6.86. The van der Waals surface area contributed by atoms with E-state index in [2.05, 4.69) is 10.6 Å². The predicted octanol–water partition coefficient (Wildman–Crippen LogP) is 2.41. The molecule has 3 N–H and O–H groups in total. The second-order valence-corrected chi connectivity index (χ2v) is 4.90. The predicted molar refractivity (Wildman–Crippen MR) is 85.4 cm³/mol. The molecule has 0 spiro atoms. The van der Waals surface area contributed by atoms with Gasteiger partial charge in [-0.15, -0.1) is 0 Å². The lowest BCUT2D eigenvalue weighted by Crippen LogP contribution is -2.22. The van der Waals surface area contributed by atoms with Crippen LogP contribution in [0.4, 0.5) is 11.4 Å². The highest BCUT2D eigenvalue weighted by atomic mass is 16.3. The number of aryl methyl sites for hydroxylation is 1. The molecule has 0 aliphatic carbocycles. The molecule has 0 aromatic heterocycles. The average Bonchev–Trinajstić information content (AvgIpc) is 2.55. The number of nitrogens with one attached hydrogen (secondary N) is 2. The van der Waals surface area contributed by atoms with Gasteiger partial charge in [-0.2, -0.15) is 5.26 Å². The van der Waals surface area contributed by atoms with Gasteiger partial charge in [0, 0.05) is 11.4 Å². The van der Waals surface area contributed by atoms with Crippen molar-refractivity contribution < 1.29 is 9.90 Å². The van der Waals surface area contributed by atoms with Gasteiger partial charge in [-0.1, -0.05) is 12.1 Å². The maximum absolute atomic E-state index is 12.0. The normalized spacial score (nSPS) is 9.86. The van der Waals surface area contributed by atoms with Gasteiger partial charge >= 0.3 is 0 Å². The Bertz CT molecular complexity index is 703. The van der Waals surface area contributed by atoms with E-state index in [1.54, 1.807) is 30.3 Å². The van der Waals surface area contributed by atoms with Gasteiger partial charge in [-0.05, 0) is 48.4 Å². The Kier molecular flexibility index (Phi) is 5.12. The zero-order valence-electron chi connectivity index (χ0n) is 12.3. The molecule has 1 amide bonds. The number of hydrogen-bond donors (Lipinski definition) is 3. The third-order valence-corrected chi connectivity index (χ3v) is 3.23. The number of amides is 1. The van der Waals surface area contributed by atoms with E-state index in [4.69, 9.17) is 10.4 Å². The molecule has 0 aliphatic rings. The monoisotopic (exact) mass is 295 g/mol. The van der Waals surface area contributed by atoms with Crippen LogP contribution >= 0.6 is 0 Å². The Labute approximate surface area is 129 Å². The third-order valence-electron chi connectivity index (χ3n) is 3.23. The van der Waals surface area contributed by atoms with Crippen LogP contribution in [0.3, 0.4) is 0 Å². The standard InChI is InChI=1S/C17H17N3O2/c1-12-2-3-14(11-21)8-16(12)20-17(22)10-19-15-6-4-13(9-18)5-7-15/h2-8,19,21H,10-11H2,1H3,(H,20,22). The summed E-state index contributed by atoms with van der Waals surface area (Å²) in [6.07, 6.45) is 0. The molecule has 0 saturated carbocycles. The second kappa shape index (κ2) is 7.25. The summed E-state index contributed by atoms with van der Waals surface area (Å²) in [5, 5.41) is 23.7. The highest BCUT2D eigenvalue weighted by molar-refractivity contribution is 5.94. The van der Waals surface area contributed by atoms with E-state index in [1.807, 2.05) is 25.1 Å². The highest BCUT2D eigenvalue weighted by Gasteiger charge is 2.06. The molecule has 112 valence electrons. The molecule has 0 saturated heterocycles. The van der Waals surface area contributed by atoms with Crippen molar-refractivity contribution in [1.29, 1.82) is 5.26 Å². The molecule has 0 aliphatic heterocycles. The van der Waals surface area contributed by atoms with Crippen LogP contribution in [0.25, 0.3) is 0 Å². The van der Waals surface area contributed by atoms with Gasteiger partial charge in [0.25, 0.3) is 0 Å². The lowest BCUT2D eigenvalue weighted by Gasteiger charge is -2.11. The van der Waals surface area contributed by atoms with Gasteiger partial charge < -0.3 is 15.7 Å². The molecule has 0 atom stereocenters. The summed E-state index contributed by atoms with van der Waals surface area (Å²) < 4.78 is 0. The minimum absolute atomic E-state index is 0.0629. The molecular weight excluding hydrogens is 278 g/mol. The minimum Gasteiger partial charge on any atom is -0.392 e. The number of nitrogens with zero attached hydrogens (tertiary/aromatic N) is 1. The van der Waals surface area contributed by atoms with E-state index >= 15 is 0 Å². The molecule has 0 bridgehead atoms. The van der Waals surface area contributed by atoms with Crippen molar-refractivity contribution >= 4 is 17.3 Å². The topological polar surface area (TPSA) is 85.2 Å². The fourth-order valence-corrected chi connectivity index (χ4v) is 1.94. The largest absolute Gasteiger partial charge is 0.392 e. The first-order chi connectivity index (χ1) is 10.6. The lowest BCUT2D eigenvalue weighted by atomic mass is 10.1. The van der Waals surface area contributed by atoms with Crippen molar-refractivity contribution in [1.82, 2.24) is 0 Å². The van der Waals surface area contributed by atoms with Gasteiger partial charge in [0.15, 0.2) is 0 Å². The Morgan fingerprint density at radius 2 is 1.95 bits per heavy atom. The molecule has 0 radical (unpaired) electrons. The van der Waals surface area contributed by atoms with Crippen LogP contribution in [0.1, 0.15) is 16.7 Å². The van der Waals surface area contributed by atoms with Crippen molar-refractivity contribution in [2.75, 3.05) is 17.2 Å². The van der Waals surface area contributed by atoms with Crippen LogP contribution in [-0.4, -0.2) is 17.6 Å². The van der Waals surface area contributed by atoms with E-state index in [0.717, 1.165) is 16.8 Å². The van der Waals surface area contributed by atoms with Crippen LogP contribution < -0.4 is 10.6 Å². The molecule has 0 heterocycles. The zero-order valence-corrected chi connectivity index (χ0v) is 12.3. The SMILES string of the molecule is Cc1ccc(CO)cc1NC(=O)CNc1ccc(C#N)cc1. The number of carbonyl (C=O) groups is 1. The molecule has 2 aromatic rings. The third kappa shape index (κ3) is 4.08. The lowest BCUT2D eigenvalue weighted by molar-refractivity contribution is -0.114. The summed E-state index contributed by atoms with van der Waals surface area (Å²) in [5.41, 5.74) is 3.73. The van der Waals surface area contributed by atoms with Crippen LogP contribution in [0.5, 0.6) is 0 Å². The fraction of sp³-hybridized carbons (Fsp3) is 0.176. The summed E-state index contributed by atoms with van der Waals surface area (Å²) in [7, 11) is 0. The van der Waals surface area contributed by atoms with Crippen molar-refractivity contribution in [3.63, 3.8) is 0 Å². The van der Waals surface area contributed by atoms with Gasteiger partial charge in [-0.25, -0.2) is 0 Å². The molecule has 22 heavy (non-hydrogen) atoms. The van der Waals surface area contributed by atoms with Gasteiger partial charge in [0.1, 0.15) is 0 Å². The summed E-state index contributed by atoms with van der Waals surface area (Å²) in [5.74, 6) is -0.178. The van der Waals surface area contributed by atoms with E-state index < -0.39 is 0 Å². The Morgan fingerprint density at radius 1 is 1.23 bits per heavy atom. The van der Waals surface area contributed by atoms with Crippen molar-refractivity contribution in [3.8, 4) is 6.07 Å². The average molecular weight is 295 g/mol.